The molecule has 0 aliphatic heterocycles. The van der Waals surface area contributed by atoms with E-state index < -0.39 is 0 Å². The van der Waals surface area contributed by atoms with Crippen LogP contribution in [0, 0.1) is 0 Å². The van der Waals surface area contributed by atoms with Crippen molar-refractivity contribution in [3.8, 4) is 0 Å². The van der Waals surface area contributed by atoms with Crippen molar-refractivity contribution in [2.24, 2.45) is 0 Å². The van der Waals surface area contributed by atoms with Gasteiger partial charge in [0.05, 0.1) is 12.8 Å². The Bertz CT molecular complexity index is 738. The summed E-state index contributed by atoms with van der Waals surface area (Å²) >= 11 is 12.2. The van der Waals surface area contributed by atoms with Crippen LogP contribution in [-0.4, -0.2) is 17.9 Å². The summed E-state index contributed by atoms with van der Waals surface area (Å²) in [4.78, 5) is 23.9. The zero-order valence-corrected chi connectivity index (χ0v) is 15.6. The van der Waals surface area contributed by atoms with E-state index in [9.17, 15) is 9.59 Å². The number of halogens is 2. The molecule has 0 spiro atoms. The lowest BCUT2D eigenvalue weighted by Crippen LogP contribution is -2.31. The molecule has 0 saturated carbocycles. The molecule has 0 aliphatic rings. The number of anilines is 1. The van der Waals surface area contributed by atoms with Crippen molar-refractivity contribution in [1.29, 1.82) is 0 Å². The lowest BCUT2D eigenvalue weighted by Gasteiger charge is -2.10. The predicted molar refractivity (Wildman–Crippen MR) is 102 cm³/mol. The van der Waals surface area contributed by atoms with Crippen molar-refractivity contribution < 1.29 is 9.59 Å². The zero-order chi connectivity index (χ0) is 18.4. The van der Waals surface area contributed by atoms with Crippen LogP contribution >= 0.6 is 23.2 Å². The summed E-state index contributed by atoms with van der Waals surface area (Å²) < 4.78 is 0. The quantitative estimate of drug-likeness (QED) is 0.789. The van der Waals surface area contributed by atoms with Crippen LogP contribution in [0.15, 0.2) is 42.5 Å². The number of benzene rings is 2. The topological polar surface area (TPSA) is 58.2 Å². The molecule has 2 N–H and O–H groups in total. The Morgan fingerprint density at radius 3 is 2.08 bits per heavy atom. The highest BCUT2D eigenvalue weighted by atomic mass is 35.5. The maximum atomic E-state index is 12.2. The second-order valence-electron chi connectivity index (χ2n) is 6.02. The van der Waals surface area contributed by atoms with Gasteiger partial charge in [0, 0.05) is 21.8 Å². The van der Waals surface area contributed by atoms with Crippen molar-refractivity contribution in [1.82, 2.24) is 5.32 Å². The minimum atomic E-state index is -0.208. The average Bonchev–Trinajstić information content (AvgIpc) is 2.52. The van der Waals surface area contributed by atoms with Crippen molar-refractivity contribution in [3.05, 3.63) is 63.6 Å². The van der Waals surface area contributed by atoms with Crippen LogP contribution in [0.5, 0.6) is 0 Å². The van der Waals surface area contributed by atoms with E-state index in [4.69, 9.17) is 23.2 Å². The smallest absolute Gasteiger partial charge is 0.228 e. The van der Waals surface area contributed by atoms with E-state index in [-0.39, 0.29) is 24.3 Å². The van der Waals surface area contributed by atoms with Crippen molar-refractivity contribution in [2.75, 3.05) is 5.32 Å². The summed E-state index contributed by atoms with van der Waals surface area (Å²) in [6.07, 6.45) is 0.401. The molecule has 4 nitrogen and oxygen atoms in total. The highest BCUT2D eigenvalue weighted by molar-refractivity contribution is 6.36. The number of rotatable bonds is 6. The highest BCUT2D eigenvalue weighted by Gasteiger charge is 2.11. The van der Waals surface area contributed by atoms with Crippen LogP contribution in [0.4, 0.5) is 5.69 Å². The highest BCUT2D eigenvalue weighted by Crippen LogP contribution is 2.25. The SMILES string of the molecule is CC(C)NC(=O)Cc1ccc(NC(=O)Cc2c(Cl)cccc2Cl)cc1. The number of nitrogens with one attached hydrogen (secondary N) is 2. The van der Waals surface area contributed by atoms with Gasteiger partial charge in [0.1, 0.15) is 0 Å². The summed E-state index contributed by atoms with van der Waals surface area (Å²) in [5, 5.41) is 6.58. The molecular weight excluding hydrogens is 359 g/mol. The first kappa shape index (κ1) is 19.3. The first-order valence-electron chi connectivity index (χ1n) is 7.96. The van der Waals surface area contributed by atoms with Gasteiger partial charge < -0.3 is 10.6 Å². The lowest BCUT2D eigenvalue weighted by molar-refractivity contribution is -0.121. The molecule has 2 aromatic carbocycles. The fourth-order valence-corrected chi connectivity index (χ4v) is 2.86. The number of amides is 2. The van der Waals surface area contributed by atoms with Gasteiger partial charge in [-0.3, -0.25) is 9.59 Å². The Balaban J connectivity index is 1.94. The van der Waals surface area contributed by atoms with Crippen LogP contribution in [0.25, 0.3) is 0 Å². The Morgan fingerprint density at radius 1 is 0.920 bits per heavy atom. The molecule has 0 saturated heterocycles. The Labute approximate surface area is 157 Å². The average molecular weight is 379 g/mol. The van der Waals surface area contributed by atoms with E-state index in [0.29, 0.717) is 27.7 Å². The van der Waals surface area contributed by atoms with Gasteiger partial charge in [-0.15, -0.1) is 0 Å². The maximum absolute atomic E-state index is 12.2. The monoisotopic (exact) mass is 378 g/mol. The van der Waals surface area contributed by atoms with E-state index in [1.807, 2.05) is 26.0 Å². The van der Waals surface area contributed by atoms with Crippen molar-refractivity contribution in [3.63, 3.8) is 0 Å². The number of carbonyl (C=O) groups is 2. The molecule has 2 rings (SSSR count). The molecule has 0 fully saturated rings. The standard InChI is InChI=1S/C19H20Cl2N2O2/c1-12(2)22-18(24)10-13-6-8-14(9-7-13)23-19(25)11-15-16(20)4-3-5-17(15)21/h3-9,12H,10-11H2,1-2H3,(H,22,24)(H,23,25). The van der Waals surface area contributed by atoms with Crippen LogP contribution in [-0.2, 0) is 22.4 Å². The molecule has 25 heavy (non-hydrogen) atoms. The fraction of sp³-hybridized carbons (Fsp3) is 0.263. The molecule has 2 amide bonds. The van der Waals surface area contributed by atoms with Crippen LogP contribution < -0.4 is 10.6 Å². The molecule has 6 heteroatoms. The summed E-state index contributed by atoms with van der Waals surface area (Å²) in [5.41, 5.74) is 2.14. The number of hydrogen-bond acceptors (Lipinski definition) is 2. The van der Waals surface area contributed by atoms with Gasteiger partial charge in [-0.05, 0) is 49.2 Å². The Morgan fingerprint density at radius 2 is 1.52 bits per heavy atom. The molecule has 0 unspecified atom stereocenters. The van der Waals surface area contributed by atoms with Crippen LogP contribution in [0.3, 0.4) is 0 Å². The summed E-state index contributed by atoms with van der Waals surface area (Å²) in [7, 11) is 0. The van der Waals surface area contributed by atoms with E-state index in [1.165, 1.54) is 0 Å². The van der Waals surface area contributed by atoms with Crippen LogP contribution in [0.2, 0.25) is 10.0 Å². The molecule has 2 aromatic rings. The predicted octanol–water partition coefficient (Wildman–Crippen LogP) is 4.24. The Hall–Kier alpha value is -2.04. The van der Waals surface area contributed by atoms with Gasteiger partial charge in [0.2, 0.25) is 11.8 Å². The van der Waals surface area contributed by atoms with Crippen LogP contribution in [0.1, 0.15) is 25.0 Å². The third kappa shape index (κ3) is 6.07. The van der Waals surface area contributed by atoms with Gasteiger partial charge in [0.15, 0.2) is 0 Å². The third-order valence-corrected chi connectivity index (χ3v) is 4.16. The molecule has 0 aromatic heterocycles. The molecule has 0 radical (unpaired) electrons. The summed E-state index contributed by atoms with van der Waals surface area (Å²) in [5.74, 6) is -0.236. The zero-order valence-electron chi connectivity index (χ0n) is 14.1. The molecule has 0 bridgehead atoms. The van der Waals surface area contributed by atoms with E-state index in [1.54, 1.807) is 30.3 Å². The maximum Gasteiger partial charge on any atom is 0.228 e. The summed E-state index contributed by atoms with van der Waals surface area (Å²) in [6, 6.07) is 12.4. The van der Waals surface area contributed by atoms with Gasteiger partial charge in [-0.2, -0.15) is 0 Å². The van der Waals surface area contributed by atoms with Crippen molar-refractivity contribution >= 4 is 40.7 Å². The number of hydrogen-bond donors (Lipinski definition) is 2. The number of carbonyl (C=O) groups excluding carboxylic acids is 2. The van der Waals surface area contributed by atoms with Gasteiger partial charge in [0.25, 0.3) is 0 Å². The van der Waals surface area contributed by atoms with E-state index in [0.717, 1.165) is 5.56 Å². The largest absolute Gasteiger partial charge is 0.354 e. The molecule has 0 atom stereocenters. The molecule has 132 valence electrons. The Kier molecular flexibility index (Phi) is 6.85. The minimum absolute atomic E-state index is 0.0276. The first-order valence-corrected chi connectivity index (χ1v) is 8.72. The van der Waals surface area contributed by atoms with E-state index in [2.05, 4.69) is 10.6 Å². The molecular formula is C19H20Cl2N2O2. The first-order chi connectivity index (χ1) is 11.8. The van der Waals surface area contributed by atoms with Gasteiger partial charge in [-0.25, -0.2) is 0 Å². The fourth-order valence-electron chi connectivity index (χ4n) is 2.33. The normalized spacial score (nSPS) is 10.6. The summed E-state index contributed by atoms with van der Waals surface area (Å²) in [6.45, 7) is 3.84. The second kappa shape index (κ2) is 8.88. The molecule has 0 aliphatic carbocycles. The third-order valence-electron chi connectivity index (χ3n) is 3.45. The second-order valence-corrected chi connectivity index (χ2v) is 6.84. The van der Waals surface area contributed by atoms with E-state index >= 15 is 0 Å². The van der Waals surface area contributed by atoms with Gasteiger partial charge in [-0.1, -0.05) is 41.4 Å². The van der Waals surface area contributed by atoms with Crippen molar-refractivity contribution in [2.45, 2.75) is 32.7 Å². The minimum Gasteiger partial charge on any atom is -0.354 e. The molecule has 0 heterocycles. The van der Waals surface area contributed by atoms with Gasteiger partial charge >= 0.3 is 0 Å². The lowest BCUT2D eigenvalue weighted by atomic mass is 10.1.